The van der Waals surface area contributed by atoms with Crippen molar-refractivity contribution >= 4 is 27.3 Å². The molecule has 0 aromatic heterocycles. The standard InChI is InChI=1S/C19H29N3O3S/c1-14-7-3-4-9-16(14)20-19(23)13-22-12-6-8-15-17(21-26(2,24)25)10-5-11-18(15)22/h5,10-11,14,16,21H,3-4,6-9,12-13H2,1-2H3,(H,20,23)/t14-,16-/m0/s1. The highest BCUT2D eigenvalue weighted by atomic mass is 32.2. The molecule has 0 unspecified atom stereocenters. The molecule has 6 nitrogen and oxygen atoms in total. The number of fused-ring (bicyclic) bond motifs is 1. The van der Waals surface area contributed by atoms with Gasteiger partial charge in [0, 0.05) is 18.3 Å². The van der Waals surface area contributed by atoms with E-state index in [1.165, 1.54) is 19.3 Å². The quantitative estimate of drug-likeness (QED) is 0.824. The lowest BCUT2D eigenvalue weighted by Gasteiger charge is -2.34. The monoisotopic (exact) mass is 379 g/mol. The molecule has 1 fully saturated rings. The number of nitrogens with one attached hydrogen (secondary N) is 2. The van der Waals surface area contributed by atoms with Crippen molar-refractivity contribution < 1.29 is 13.2 Å². The van der Waals surface area contributed by atoms with Gasteiger partial charge in [-0.15, -0.1) is 0 Å². The molecule has 0 saturated heterocycles. The molecule has 1 amide bonds. The summed E-state index contributed by atoms with van der Waals surface area (Å²) < 4.78 is 25.8. The van der Waals surface area contributed by atoms with Crippen LogP contribution in [0, 0.1) is 5.92 Å². The zero-order chi connectivity index (χ0) is 18.7. The maximum absolute atomic E-state index is 12.6. The Morgan fingerprint density at radius 3 is 2.73 bits per heavy atom. The fourth-order valence-electron chi connectivity index (χ4n) is 4.12. The number of benzene rings is 1. The highest BCUT2D eigenvalue weighted by Crippen LogP contribution is 2.33. The Labute approximate surface area is 156 Å². The average Bonchev–Trinajstić information content (AvgIpc) is 2.56. The highest BCUT2D eigenvalue weighted by molar-refractivity contribution is 7.92. The molecule has 1 aliphatic heterocycles. The summed E-state index contributed by atoms with van der Waals surface area (Å²) in [5.41, 5.74) is 2.55. The van der Waals surface area contributed by atoms with E-state index in [0.717, 1.165) is 43.3 Å². The molecule has 7 heteroatoms. The molecule has 1 saturated carbocycles. The van der Waals surface area contributed by atoms with E-state index in [1.54, 1.807) is 6.07 Å². The number of sulfonamides is 1. The Balaban J connectivity index is 1.71. The van der Waals surface area contributed by atoms with E-state index in [2.05, 4.69) is 21.9 Å². The van der Waals surface area contributed by atoms with Crippen LogP contribution in [0.15, 0.2) is 18.2 Å². The van der Waals surface area contributed by atoms with Crippen LogP contribution in [0.1, 0.15) is 44.6 Å². The molecule has 1 aromatic carbocycles. The number of nitrogens with zero attached hydrogens (tertiary/aromatic N) is 1. The molecule has 0 bridgehead atoms. The summed E-state index contributed by atoms with van der Waals surface area (Å²) >= 11 is 0. The summed E-state index contributed by atoms with van der Waals surface area (Å²) in [5, 5.41) is 3.21. The van der Waals surface area contributed by atoms with Crippen LogP contribution >= 0.6 is 0 Å². The molecule has 3 rings (SSSR count). The van der Waals surface area contributed by atoms with Crippen LogP contribution in [-0.4, -0.2) is 39.7 Å². The third-order valence-electron chi connectivity index (χ3n) is 5.43. The van der Waals surface area contributed by atoms with E-state index >= 15 is 0 Å². The molecule has 2 atom stereocenters. The predicted octanol–water partition coefficient (Wildman–Crippen LogP) is 2.51. The lowest BCUT2D eigenvalue weighted by molar-refractivity contribution is -0.121. The minimum atomic E-state index is -3.32. The van der Waals surface area contributed by atoms with E-state index in [1.807, 2.05) is 12.1 Å². The predicted molar refractivity (Wildman–Crippen MR) is 105 cm³/mol. The van der Waals surface area contributed by atoms with Gasteiger partial charge in [0.15, 0.2) is 0 Å². The van der Waals surface area contributed by atoms with Crippen molar-refractivity contribution in [1.82, 2.24) is 5.32 Å². The Bertz CT molecular complexity index is 763. The van der Waals surface area contributed by atoms with Gasteiger partial charge >= 0.3 is 0 Å². The SMILES string of the molecule is C[C@H]1CCCC[C@@H]1NC(=O)CN1CCCc2c(NS(C)(=O)=O)cccc21. The zero-order valence-corrected chi connectivity index (χ0v) is 16.4. The van der Waals surface area contributed by atoms with Gasteiger partial charge in [-0.25, -0.2) is 8.42 Å². The van der Waals surface area contributed by atoms with Gasteiger partial charge in [0.25, 0.3) is 0 Å². The van der Waals surface area contributed by atoms with Gasteiger partial charge < -0.3 is 10.2 Å². The van der Waals surface area contributed by atoms with Gasteiger partial charge in [0.2, 0.25) is 15.9 Å². The fourth-order valence-corrected chi connectivity index (χ4v) is 4.71. The van der Waals surface area contributed by atoms with Gasteiger partial charge in [-0.3, -0.25) is 9.52 Å². The Kier molecular flexibility index (Phi) is 5.75. The average molecular weight is 380 g/mol. The van der Waals surface area contributed by atoms with Crippen molar-refractivity contribution in [3.63, 3.8) is 0 Å². The first-order valence-corrected chi connectivity index (χ1v) is 11.4. The van der Waals surface area contributed by atoms with E-state index in [-0.39, 0.29) is 11.9 Å². The Hall–Kier alpha value is -1.76. The minimum absolute atomic E-state index is 0.0538. The number of anilines is 2. The first-order chi connectivity index (χ1) is 12.3. The van der Waals surface area contributed by atoms with Crippen LogP contribution in [0.25, 0.3) is 0 Å². The molecule has 0 spiro atoms. The van der Waals surface area contributed by atoms with Crippen molar-refractivity contribution in [1.29, 1.82) is 0 Å². The van der Waals surface area contributed by atoms with Crippen molar-refractivity contribution in [2.45, 2.75) is 51.5 Å². The number of hydrogen-bond donors (Lipinski definition) is 2. The van der Waals surface area contributed by atoms with E-state index in [0.29, 0.717) is 18.2 Å². The second-order valence-electron chi connectivity index (χ2n) is 7.64. The molecular weight excluding hydrogens is 350 g/mol. The van der Waals surface area contributed by atoms with Crippen molar-refractivity contribution in [2.75, 3.05) is 29.0 Å². The second kappa shape index (κ2) is 7.86. The number of carbonyl (C=O) groups is 1. The third-order valence-corrected chi connectivity index (χ3v) is 6.03. The largest absolute Gasteiger partial charge is 0.362 e. The normalized spacial score (nSPS) is 23.2. The number of hydrogen-bond acceptors (Lipinski definition) is 4. The summed E-state index contributed by atoms with van der Waals surface area (Å²) in [6.45, 7) is 3.34. The fraction of sp³-hybridized carbons (Fsp3) is 0.632. The van der Waals surface area contributed by atoms with Gasteiger partial charge in [-0.2, -0.15) is 0 Å². The summed E-state index contributed by atoms with van der Waals surface area (Å²) in [7, 11) is -3.32. The number of rotatable bonds is 5. The van der Waals surface area contributed by atoms with Gasteiger partial charge in [-0.1, -0.05) is 25.8 Å². The van der Waals surface area contributed by atoms with Crippen LogP contribution < -0.4 is 14.9 Å². The van der Waals surface area contributed by atoms with E-state index < -0.39 is 10.0 Å². The zero-order valence-electron chi connectivity index (χ0n) is 15.6. The molecule has 144 valence electrons. The Morgan fingerprint density at radius 1 is 1.23 bits per heavy atom. The van der Waals surface area contributed by atoms with Crippen molar-refractivity contribution in [2.24, 2.45) is 5.92 Å². The van der Waals surface area contributed by atoms with Crippen LogP contribution in [0.4, 0.5) is 11.4 Å². The molecule has 2 N–H and O–H groups in total. The molecule has 1 heterocycles. The molecular formula is C19H29N3O3S. The van der Waals surface area contributed by atoms with Gasteiger partial charge in [0.1, 0.15) is 0 Å². The summed E-state index contributed by atoms with van der Waals surface area (Å²) in [4.78, 5) is 14.6. The van der Waals surface area contributed by atoms with Crippen molar-refractivity contribution in [3.8, 4) is 0 Å². The topological polar surface area (TPSA) is 78.5 Å². The summed E-state index contributed by atoms with van der Waals surface area (Å²) in [5.74, 6) is 0.588. The first-order valence-electron chi connectivity index (χ1n) is 9.47. The van der Waals surface area contributed by atoms with Crippen LogP contribution in [0.2, 0.25) is 0 Å². The lowest BCUT2D eigenvalue weighted by Crippen LogP contribution is -2.46. The highest BCUT2D eigenvalue weighted by Gasteiger charge is 2.26. The molecule has 26 heavy (non-hydrogen) atoms. The number of carbonyl (C=O) groups excluding carboxylic acids is 1. The van der Waals surface area contributed by atoms with Gasteiger partial charge in [-0.05, 0) is 49.3 Å². The smallest absolute Gasteiger partial charge is 0.239 e. The van der Waals surface area contributed by atoms with Crippen LogP contribution in [0.3, 0.4) is 0 Å². The molecule has 1 aromatic rings. The third kappa shape index (κ3) is 4.69. The maximum atomic E-state index is 12.6. The summed E-state index contributed by atoms with van der Waals surface area (Å²) in [6, 6.07) is 5.87. The van der Waals surface area contributed by atoms with Crippen LogP contribution in [0.5, 0.6) is 0 Å². The Morgan fingerprint density at radius 2 is 2.00 bits per heavy atom. The van der Waals surface area contributed by atoms with E-state index in [9.17, 15) is 13.2 Å². The first kappa shape index (κ1) is 19.0. The van der Waals surface area contributed by atoms with E-state index in [4.69, 9.17) is 0 Å². The summed E-state index contributed by atoms with van der Waals surface area (Å²) in [6.07, 6.45) is 7.55. The lowest BCUT2D eigenvalue weighted by atomic mass is 9.86. The van der Waals surface area contributed by atoms with Crippen LogP contribution in [-0.2, 0) is 21.2 Å². The minimum Gasteiger partial charge on any atom is -0.362 e. The maximum Gasteiger partial charge on any atom is 0.239 e. The van der Waals surface area contributed by atoms with Gasteiger partial charge in [0.05, 0.1) is 18.5 Å². The molecule has 0 radical (unpaired) electrons. The van der Waals surface area contributed by atoms with Crippen molar-refractivity contribution in [3.05, 3.63) is 23.8 Å². The molecule has 1 aliphatic carbocycles. The number of amides is 1. The second-order valence-corrected chi connectivity index (χ2v) is 9.39. The molecule has 2 aliphatic rings.